The molecule has 8 heteroatoms. The van der Waals surface area contributed by atoms with Crippen LogP contribution < -0.4 is 10.2 Å². The molecule has 1 aromatic heterocycles. The Morgan fingerprint density at radius 3 is 2.86 bits per heavy atom. The van der Waals surface area contributed by atoms with E-state index in [1.165, 1.54) is 16.2 Å². The lowest BCUT2D eigenvalue weighted by Gasteiger charge is -2.11. The van der Waals surface area contributed by atoms with Crippen molar-refractivity contribution in [2.24, 2.45) is 0 Å². The lowest BCUT2D eigenvalue weighted by molar-refractivity contribution is -0.130. The van der Waals surface area contributed by atoms with E-state index in [4.69, 9.17) is 0 Å². The smallest absolute Gasteiger partial charge is 0.241 e. The van der Waals surface area contributed by atoms with Crippen LogP contribution in [0.15, 0.2) is 5.38 Å². The Bertz CT molecular complexity index is 555. The fourth-order valence-corrected chi connectivity index (χ4v) is 2.78. The molecule has 1 aliphatic heterocycles. The molecule has 1 fully saturated rings. The van der Waals surface area contributed by atoms with E-state index in [2.05, 4.69) is 10.3 Å². The number of anilines is 1. The normalized spacial score (nSPS) is 14.4. The molecule has 1 N–H and O–H groups in total. The summed E-state index contributed by atoms with van der Waals surface area (Å²) in [5.74, 6) is -0.336. The van der Waals surface area contributed by atoms with Crippen molar-refractivity contribution >= 4 is 34.2 Å². The van der Waals surface area contributed by atoms with E-state index >= 15 is 0 Å². The van der Waals surface area contributed by atoms with E-state index in [9.17, 15) is 14.4 Å². The number of carbonyl (C=O) groups is 3. The molecule has 21 heavy (non-hydrogen) atoms. The summed E-state index contributed by atoms with van der Waals surface area (Å²) in [6, 6.07) is 0. The third-order valence-corrected chi connectivity index (χ3v) is 4.03. The Kier molecular flexibility index (Phi) is 4.89. The SMILES string of the molecule is CN(C)C(=O)CNC(=O)Cc1csc(N2CCCC2=O)n1. The highest BCUT2D eigenvalue weighted by molar-refractivity contribution is 7.14. The number of thiazole rings is 1. The second-order valence-corrected chi connectivity index (χ2v) is 5.85. The number of aromatic nitrogens is 1. The third kappa shape index (κ3) is 4.01. The molecule has 1 saturated heterocycles. The van der Waals surface area contributed by atoms with Gasteiger partial charge in [-0.3, -0.25) is 19.3 Å². The first-order valence-corrected chi connectivity index (χ1v) is 7.57. The molecule has 0 unspecified atom stereocenters. The fraction of sp³-hybridized carbons (Fsp3) is 0.538. The highest BCUT2D eigenvalue weighted by Crippen LogP contribution is 2.25. The van der Waals surface area contributed by atoms with Gasteiger partial charge in [-0.15, -0.1) is 11.3 Å². The van der Waals surface area contributed by atoms with E-state index in [-0.39, 0.29) is 30.7 Å². The van der Waals surface area contributed by atoms with Gasteiger partial charge < -0.3 is 10.2 Å². The van der Waals surface area contributed by atoms with E-state index in [1.54, 1.807) is 24.4 Å². The van der Waals surface area contributed by atoms with Gasteiger partial charge >= 0.3 is 0 Å². The maximum absolute atomic E-state index is 11.7. The molecule has 0 aliphatic carbocycles. The molecule has 0 radical (unpaired) electrons. The predicted octanol–water partition coefficient (Wildman–Crippen LogP) is 0.0168. The van der Waals surface area contributed by atoms with Crippen molar-refractivity contribution in [3.05, 3.63) is 11.1 Å². The molecule has 2 rings (SSSR count). The van der Waals surface area contributed by atoms with Crippen molar-refractivity contribution in [2.75, 3.05) is 32.1 Å². The Hall–Kier alpha value is -1.96. The average molecular weight is 310 g/mol. The minimum atomic E-state index is -0.255. The summed E-state index contributed by atoms with van der Waals surface area (Å²) >= 11 is 1.36. The van der Waals surface area contributed by atoms with Gasteiger partial charge in [0.25, 0.3) is 0 Å². The summed E-state index contributed by atoms with van der Waals surface area (Å²) in [6.07, 6.45) is 1.52. The lowest BCUT2D eigenvalue weighted by atomic mass is 10.3. The summed E-state index contributed by atoms with van der Waals surface area (Å²) in [4.78, 5) is 42.1. The van der Waals surface area contributed by atoms with E-state index < -0.39 is 0 Å². The molecule has 7 nitrogen and oxygen atoms in total. The van der Waals surface area contributed by atoms with Gasteiger partial charge in [0.15, 0.2) is 5.13 Å². The van der Waals surface area contributed by atoms with Gasteiger partial charge in [-0.2, -0.15) is 0 Å². The topological polar surface area (TPSA) is 82.6 Å². The molecule has 0 spiro atoms. The first-order chi connectivity index (χ1) is 9.97. The van der Waals surface area contributed by atoms with Gasteiger partial charge in [-0.1, -0.05) is 0 Å². The van der Waals surface area contributed by atoms with Crippen molar-refractivity contribution < 1.29 is 14.4 Å². The van der Waals surface area contributed by atoms with Crippen LogP contribution in [-0.2, 0) is 20.8 Å². The monoisotopic (exact) mass is 310 g/mol. The number of hydrogen-bond donors (Lipinski definition) is 1. The van der Waals surface area contributed by atoms with Crippen molar-refractivity contribution in [3.63, 3.8) is 0 Å². The molecule has 0 aromatic carbocycles. The predicted molar refractivity (Wildman–Crippen MR) is 79.1 cm³/mol. The zero-order chi connectivity index (χ0) is 15.4. The zero-order valence-corrected chi connectivity index (χ0v) is 12.9. The number of carbonyl (C=O) groups excluding carboxylic acids is 3. The first-order valence-electron chi connectivity index (χ1n) is 6.69. The van der Waals surface area contributed by atoms with Crippen LogP contribution in [-0.4, -0.2) is 54.8 Å². The van der Waals surface area contributed by atoms with Gasteiger partial charge in [0.05, 0.1) is 18.7 Å². The Labute approximate surface area is 126 Å². The average Bonchev–Trinajstić information content (AvgIpc) is 3.04. The Morgan fingerprint density at radius 1 is 1.48 bits per heavy atom. The molecule has 114 valence electrons. The molecule has 3 amide bonds. The van der Waals surface area contributed by atoms with Crippen molar-refractivity contribution in [1.82, 2.24) is 15.2 Å². The van der Waals surface area contributed by atoms with Crippen LogP contribution in [0.2, 0.25) is 0 Å². The van der Waals surface area contributed by atoms with Crippen LogP contribution in [0.1, 0.15) is 18.5 Å². The zero-order valence-electron chi connectivity index (χ0n) is 12.1. The second-order valence-electron chi connectivity index (χ2n) is 5.01. The Morgan fingerprint density at radius 2 is 2.24 bits per heavy atom. The van der Waals surface area contributed by atoms with Crippen LogP contribution in [0, 0.1) is 0 Å². The minimum absolute atomic E-state index is 0.0204. The van der Waals surface area contributed by atoms with E-state index in [1.807, 2.05) is 0 Å². The molecular formula is C13H18N4O3S. The highest BCUT2D eigenvalue weighted by atomic mass is 32.1. The van der Waals surface area contributed by atoms with Gasteiger partial charge in [-0.25, -0.2) is 4.98 Å². The number of nitrogens with zero attached hydrogens (tertiary/aromatic N) is 3. The fourth-order valence-electron chi connectivity index (χ4n) is 1.91. The first kappa shape index (κ1) is 15.4. The molecule has 1 aromatic rings. The minimum Gasteiger partial charge on any atom is -0.347 e. The summed E-state index contributed by atoms with van der Waals surface area (Å²) < 4.78 is 0. The third-order valence-electron chi connectivity index (χ3n) is 3.12. The van der Waals surface area contributed by atoms with Gasteiger partial charge in [0.1, 0.15) is 0 Å². The molecule has 1 aliphatic rings. The van der Waals surface area contributed by atoms with Gasteiger partial charge in [0.2, 0.25) is 17.7 Å². The summed E-state index contributed by atoms with van der Waals surface area (Å²) in [5.41, 5.74) is 0.615. The van der Waals surface area contributed by atoms with Gasteiger partial charge in [-0.05, 0) is 6.42 Å². The quantitative estimate of drug-likeness (QED) is 0.831. The summed E-state index contributed by atoms with van der Waals surface area (Å²) in [7, 11) is 3.27. The number of amides is 3. The number of nitrogens with one attached hydrogen (secondary N) is 1. The molecule has 0 atom stereocenters. The second kappa shape index (κ2) is 6.66. The van der Waals surface area contributed by atoms with Crippen LogP contribution in [0.5, 0.6) is 0 Å². The van der Waals surface area contributed by atoms with Gasteiger partial charge in [0, 0.05) is 32.4 Å². The van der Waals surface area contributed by atoms with Crippen molar-refractivity contribution in [1.29, 1.82) is 0 Å². The number of rotatable bonds is 5. The largest absolute Gasteiger partial charge is 0.347 e. The van der Waals surface area contributed by atoms with E-state index in [0.29, 0.717) is 23.8 Å². The molecule has 2 heterocycles. The lowest BCUT2D eigenvalue weighted by Crippen LogP contribution is -2.36. The number of likely N-dealkylation sites (N-methyl/N-ethyl adjacent to an activating group) is 1. The molecular weight excluding hydrogens is 292 g/mol. The van der Waals surface area contributed by atoms with E-state index in [0.717, 1.165) is 6.42 Å². The molecule has 0 saturated carbocycles. The summed E-state index contributed by atoms with van der Waals surface area (Å²) in [5, 5.41) is 4.97. The van der Waals surface area contributed by atoms with Crippen molar-refractivity contribution in [2.45, 2.75) is 19.3 Å². The number of hydrogen-bond acceptors (Lipinski definition) is 5. The van der Waals surface area contributed by atoms with Crippen LogP contribution in [0.4, 0.5) is 5.13 Å². The van der Waals surface area contributed by atoms with Crippen molar-refractivity contribution in [3.8, 4) is 0 Å². The Balaban J connectivity index is 1.86. The standard InChI is InChI=1S/C13H18N4O3S/c1-16(2)12(20)7-14-10(18)6-9-8-21-13(15-9)17-5-3-4-11(17)19/h8H,3-7H2,1-2H3,(H,14,18). The van der Waals surface area contributed by atoms with Crippen LogP contribution in [0.3, 0.4) is 0 Å². The summed E-state index contributed by atoms with van der Waals surface area (Å²) in [6.45, 7) is 0.669. The maximum atomic E-state index is 11.7. The molecule has 0 bridgehead atoms. The maximum Gasteiger partial charge on any atom is 0.241 e. The van der Waals surface area contributed by atoms with Crippen LogP contribution in [0.25, 0.3) is 0 Å². The highest BCUT2D eigenvalue weighted by Gasteiger charge is 2.24. The van der Waals surface area contributed by atoms with Crippen LogP contribution >= 0.6 is 11.3 Å².